The smallest absolute Gasteiger partial charge is 0.331 e. The fourth-order valence-corrected chi connectivity index (χ4v) is 2.87. The Labute approximate surface area is 138 Å². The monoisotopic (exact) mass is 327 g/mol. The van der Waals surface area contributed by atoms with Gasteiger partial charge in [0.2, 0.25) is 0 Å². The molecular formula is C17H17N3O4. The average molecular weight is 327 g/mol. The summed E-state index contributed by atoms with van der Waals surface area (Å²) in [5.41, 5.74) is -0.282. The molecule has 0 saturated heterocycles. The van der Waals surface area contributed by atoms with Crippen molar-refractivity contribution in [3.63, 3.8) is 0 Å². The molecule has 7 heteroatoms. The van der Waals surface area contributed by atoms with Gasteiger partial charge in [0.15, 0.2) is 0 Å². The third-order valence-corrected chi connectivity index (χ3v) is 4.09. The van der Waals surface area contributed by atoms with Crippen LogP contribution in [0.3, 0.4) is 0 Å². The van der Waals surface area contributed by atoms with Crippen LogP contribution in [0.5, 0.6) is 11.5 Å². The second kappa shape index (κ2) is 6.62. The van der Waals surface area contributed by atoms with Crippen LogP contribution in [0.1, 0.15) is 17.7 Å². The third-order valence-electron chi connectivity index (χ3n) is 4.09. The molecule has 7 nitrogen and oxygen atoms in total. The van der Waals surface area contributed by atoms with E-state index < -0.39 is 5.56 Å². The van der Waals surface area contributed by atoms with Crippen LogP contribution in [0.2, 0.25) is 0 Å². The molecule has 0 saturated carbocycles. The van der Waals surface area contributed by atoms with Crippen molar-refractivity contribution < 1.29 is 9.47 Å². The zero-order valence-corrected chi connectivity index (χ0v) is 13.3. The summed E-state index contributed by atoms with van der Waals surface area (Å²) in [5, 5.41) is 9.23. The lowest BCUT2D eigenvalue weighted by molar-refractivity contribution is 0.291. The summed E-state index contributed by atoms with van der Waals surface area (Å²) in [6.07, 6.45) is 1.37. The Morgan fingerprint density at radius 3 is 2.58 bits per heavy atom. The highest BCUT2D eigenvalue weighted by atomic mass is 16.5. The minimum absolute atomic E-state index is 0.0662. The van der Waals surface area contributed by atoms with Crippen molar-refractivity contribution in [2.24, 2.45) is 0 Å². The lowest BCUT2D eigenvalue weighted by Gasteiger charge is -2.12. The van der Waals surface area contributed by atoms with Gasteiger partial charge in [-0.15, -0.1) is 0 Å². The van der Waals surface area contributed by atoms with Gasteiger partial charge in [-0.2, -0.15) is 5.26 Å². The van der Waals surface area contributed by atoms with Crippen LogP contribution in [-0.4, -0.2) is 22.9 Å². The van der Waals surface area contributed by atoms with Gasteiger partial charge < -0.3 is 9.47 Å². The van der Waals surface area contributed by atoms with E-state index in [1.54, 1.807) is 31.4 Å². The molecule has 24 heavy (non-hydrogen) atoms. The molecule has 0 unspecified atom stereocenters. The highest BCUT2D eigenvalue weighted by Gasteiger charge is 2.22. The van der Waals surface area contributed by atoms with Gasteiger partial charge in [0.05, 0.1) is 13.7 Å². The van der Waals surface area contributed by atoms with Gasteiger partial charge in [-0.1, -0.05) is 0 Å². The van der Waals surface area contributed by atoms with Crippen LogP contribution < -0.4 is 20.7 Å². The summed E-state index contributed by atoms with van der Waals surface area (Å²) < 4.78 is 13.2. The van der Waals surface area contributed by atoms with Gasteiger partial charge in [-0.05, 0) is 37.1 Å². The Morgan fingerprint density at radius 1 is 1.21 bits per heavy atom. The Bertz CT molecular complexity index is 904. The van der Waals surface area contributed by atoms with Crippen LogP contribution in [0, 0.1) is 11.3 Å². The number of benzene rings is 1. The van der Waals surface area contributed by atoms with Gasteiger partial charge in [0.25, 0.3) is 5.56 Å². The molecule has 0 fully saturated rings. The van der Waals surface area contributed by atoms with Crippen LogP contribution in [0.4, 0.5) is 0 Å². The quantitative estimate of drug-likeness (QED) is 0.815. The maximum atomic E-state index is 12.4. The molecule has 3 rings (SSSR count). The van der Waals surface area contributed by atoms with Crippen LogP contribution in [0.25, 0.3) is 0 Å². The molecule has 0 atom stereocenters. The number of nitriles is 1. The minimum Gasteiger partial charge on any atom is -0.497 e. The second-order valence-electron chi connectivity index (χ2n) is 5.45. The highest BCUT2D eigenvalue weighted by molar-refractivity contribution is 5.33. The molecule has 1 aliphatic heterocycles. The van der Waals surface area contributed by atoms with E-state index in [0.717, 1.165) is 11.0 Å². The van der Waals surface area contributed by atoms with E-state index in [1.807, 2.05) is 6.07 Å². The topological polar surface area (TPSA) is 86.2 Å². The summed E-state index contributed by atoms with van der Waals surface area (Å²) in [7, 11) is 1.58. The molecule has 0 N–H and O–H groups in total. The van der Waals surface area contributed by atoms with E-state index in [2.05, 4.69) is 0 Å². The first-order valence-electron chi connectivity index (χ1n) is 7.69. The lowest BCUT2D eigenvalue weighted by atomic mass is 10.2. The maximum Gasteiger partial charge on any atom is 0.331 e. The van der Waals surface area contributed by atoms with Crippen molar-refractivity contribution in [1.29, 1.82) is 5.26 Å². The number of rotatable bonds is 5. The van der Waals surface area contributed by atoms with Crippen LogP contribution in [0.15, 0.2) is 33.9 Å². The molecule has 2 heterocycles. The fourth-order valence-electron chi connectivity index (χ4n) is 2.87. The molecule has 2 aromatic rings. The number of nitrogens with zero attached hydrogens (tertiary/aromatic N) is 3. The summed E-state index contributed by atoms with van der Waals surface area (Å²) >= 11 is 0. The van der Waals surface area contributed by atoms with Crippen molar-refractivity contribution in [3.8, 4) is 17.6 Å². The van der Waals surface area contributed by atoms with Crippen molar-refractivity contribution in [1.82, 2.24) is 9.13 Å². The predicted octanol–water partition coefficient (Wildman–Crippen LogP) is 0.915. The van der Waals surface area contributed by atoms with E-state index in [4.69, 9.17) is 9.47 Å². The Hall–Kier alpha value is -3.01. The minimum atomic E-state index is -0.533. The molecular weight excluding hydrogens is 310 g/mol. The Morgan fingerprint density at radius 2 is 1.92 bits per heavy atom. The average Bonchev–Trinajstić information content (AvgIpc) is 3.08. The largest absolute Gasteiger partial charge is 0.497 e. The number of fused-ring (bicyclic) bond motifs is 1. The first-order valence-corrected chi connectivity index (χ1v) is 7.69. The normalized spacial score (nSPS) is 12.5. The molecule has 0 spiro atoms. The fraction of sp³-hybridized carbons (Fsp3) is 0.353. The molecule has 1 aromatic heterocycles. The van der Waals surface area contributed by atoms with E-state index in [0.29, 0.717) is 30.2 Å². The lowest BCUT2D eigenvalue weighted by Crippen LogP contribution is -2.42. The van der Waals surface area contributed by atoms with Crippen molar-refractivity contribution >= 4 is 0 Å². The van der Waals surface area contributed by atoms with Gasteiger partial charge in [-0.3, -0.25) is 13.9 Å². The predicted molar refractivity (Wildman–Crippen MR) is 86.5 cm³/mol. The van der Waals surface area contributed by atoms with E-state index >= 15 is 0 Å². The van der Waals surface area contributed by atoms with Gasteiger partial charge in [-0.25, -0.2) is 4.79 Å². The van der Waals surface area contributed by atoms with Gasteiger partial charge >= 0.3 is 5.69 Å². The third kappa shape index (κ3) is 2.78. The molecule has 1 aromatic carbocycles. The standard InChI is InChI=1S/C17H17N3O4/c1-23-12-4-6-13(7-5-12)24-10-9-20-16(21)14(11-18)15-3-2-8-19(15)17(20)22/h4-7H,2-3,8-10H2,1H3. The number of ether oxygens (including phenoxy) is 2. The number of methoxy groups -OCH3 is 1. The van der Waals surface area contributed by atoms with Gasteiger partial charge in [0, 0.05) is 12.2 Å². The van der Waals surface area contributed by atoms with Crippen LogP contribution >= 0.6 is 0 Å². The maximum absolute atomic E-state index is 12.4. The number of aromatic nitrogens is 2. The molecule has 0 amide bonds. The van der Waals surface area contributed by atoms with E-state index in [9.17, 15) is 14.9 Å². The molecule has 0 radical (unpaired) electrons. The molecule has 0 aliphatic carbocycles. The molecule has 124 valence electrons. The molecule has 0 bridgehead atoms. The van der Waals surface area contributed by atoms with E-state index in [1.165, 1.54) is 4.57 Å². The summed E-state index contributed by atoms with van der Waals surface area (Å²) in [6.45, 7) is 0.798. The second-order valence-corrected chi connectivity index (χ2v) is 5.45. The number of hydrogen-bond acceptors (Lipinski definition) is 5. The van der Waals surface area contributed by atoms with E-state index in [-0.39, 0.29) is 24.4 Å². The zero-order valence-electron chi connectivity index (χ0n) is 13.3. The molecule has 1 aliphatic rings. The first kappa shape index (κ1) is 15.9. The Kier molecular flexibility index (Phi) is 4.38. The SMILES string of the molecule is COc1ccc(OCCn2c(=O)c(C#N)c3n(c2=O)CCC3)cc1. The summed E-state index contributed by atoms with van der Waals surface area (Å²) in [4.78, 5) is 24.8. The van der Waals surface area contributed by atoms with Crippen molar-refractivity contribution in [2.45, 2.75) is 25.9 Å². The van der Waals surface area contributed by atoms with Crippen LogP contribution in [-0.2, 0) is 19.5 Å². The summed E-state index contributed by atoms with van der Waals surface area (Å²) in [6, 6.07) is 8.96. The highest BCUT2D eigenvalue weighted by Crippen LogP contribution is 2.17. The van der Waals surface area contributed by atoms with Gasteiger partial charge in [0.1, 0.15) is 29.7 Å². The zero-order chi connectivity index (χ0) is 17.1. The summed E-state index contributed by atoms with van der Waals surface area (Å²) in [5.74, 6) is 1.33. The Balaban J connectivity index is 1.79. The van der Waals surface area contributed by atoms with Crippen molar-refractivity contribution in [2.75, 3.05) is 13.7 Å². The first-order chi connectivity index (χ1) is 11.7. The number of hydrogen-bond donors (Lipinski definition) is 0. The van der Waals surface area contributed by atoms with Crippen molar-refractivity contribution in [3.05, 3.63) is 56.4 Å².